The van der Waals surface area contributed by atoms with Crippen molar-refractivity contribution in [2.45, 2.75) is 166 Å². The number of unbranched alkanes of at least 4 members (excludes halogenated alkanes) is 9. The van der Waals surface area contributed by atoms with Crippen LogP contribution in [0.4, 0.5) is 0 Å². The van der Waals surface area contributed by atoms with Crippen molar-refractivity contribution in [3.63, 3.8) is 0 Å². The van der Waals surface area contributed by atoms with Crippen molar-refractivity contribution in [1.29, 1.82) is 0 Å². The minimum atomic E-state index is -1.54. The smallest absolute Gasteiger partial charge is 0.307 e. The molecule has 284 valence electrons. The molecule has 0 radical (unpaired) electrons. The number of hydrogen-bond acceptors (Lipinski definition) is 11. The summed E-state index contributed by atoms with van der Waals surface area (Å²) in [4.78, 5) is 71.2. The Morgan fingerprint density at radius 2 is 0.939 bits per heavy atom. The minimum absolute atomic E-state index is 0.183. The molecule has 0 aromatic rings. The van der Waals surface area contributed by atoms with E-state index in [9.17, 15) is 49.2 Å². The predicted molar refractivity (Wildman–Crippen MR) is 176 cm³/mol. The highest BCUT2D eigenvalue weighted by Gasteiger charge is 2.33. The van der Waals surface area contributed by atoms with Crippen molar-refractivity contribution in [3.05, 3.63) is 0 Å². The van der Waals surface area contributed by atoms with Gasteiger partial charge in [0.05, 0.1) is 49.7 Å². The number of aliphatic hydroxyl groups is 2. The number of carboxylic acid groups (broad SMARTS) is 4. The third-order valence-corrected chi connectivity index (χ3v) is 8.34. The molecule has 15 heteroatoms. The molecule has 0 bridgehead atoms. The first kappa shape index (κ1) is 45.7. The van der Waals surface area contributed by atoms with E-state index in [0.29, 0.717) is 32.1 Å². The van der Waals surface area contributed by atoms with Crippen molar-refractivity contribution in [3.8, 4) is 0 Å². The van der Waals surface area contributed by atoms with Crippen LogP contribution in [0.1, 0.15) is 136 Å². The molecule has 49 heavy (non-hydrogen) atoms. The molecule has 5 unspecified atom stereocenters. The van der Waals surface area contributed by atoms with Crippen LogP contribution in [0.2, 0.25) is 0 Å². The Labute approximate surface area is 288 Å². The van der Waals surface area contributed by atoms with E-state index in [1.54, 1.807) is 6.92 Å². The van der Waals surface area contributed by atoms with Gasteiger partial charge in [-0.3, -0.25) is 28.8 Å². The third-order valence-electron chi connectivity index (χ3n) is 8.34. The number of nitrogens with two attached hydrogens (primary N) is 1. The van der Waals surface area contributed by atoms with Gasteiger partial charge in [-0.05, 0) is 39.0 Å². The fourth-order valence-electron chi connectivity index (χ4n) is 5.39. The lowest BCUT2D eigenvalue weighted by Gasteiger charge is -2.28. The largest absolute Gasteiger partial charge is 0.481 e. The molecular weight excluding hydrogens is 646 g/mol. The van der Waals surface area contributed by atoms with Crippen LogP contribution in [-0.2, 0) is 38.2 Å². The Bertz CT molecular complexity index is 1000. The predicted octanol–water partition coefficient (Wildman–Crippen LogP) is 3.88. The molecule has 0 amide bonds. The molecule has 0 aliphatic heterocycles. The summed E-state index contributed by atoms with van der Waals surface area (Å²) in [7, 11) is 0. The van der Waals surface area contributed by atoms with E-state index < -0.39 is 104 Å². The van der Waals surface area contributed by atoms with E-state index in [0.717, 1.165) is 44.9 Å². The van der Waals surface area contributed by atoms with Crippen molar-refractivity contribution in [2.75, 3.05) is 0 Å². The van der Waals surface area contributed by atoms with Gasteiger partial charge >= 0.3 is 35.8 Å². The molecule has 8 N–H and O–H groups in total. The molecule has 0 fully saturated rings. The lowest BCUT2D eigenvalue weighted by molar-refractivity contribution is -0.173. The Morgan fingerprint density at radius 1 is 0.571 bits per heavy atom. The first-order valence-electron chi connectivity index (χ1n) is 17.5. The summed E-state index contributed by atoms with van der Waals surface area (Å²) in [5.74, 6) is -10.8. The summed E-state index contributed by atoms with van der Waals surface area (Å²) in [5, 5.41) is 56.9. The van der Waals surface area contributed by atoms with E-state index in [1.807, 2.05) is 0 Å². The van der Waals surface area contributed by atoms with Crippen LogP contribution >= 0.6 is 0 Å². The molecule has 0 heterocycles. The highest BCUT2D eigenvalue weighted by Crippen LogP contribution is 2.24. The fraction of sp³-hybridized carbons (Fsp3) is 0.824. The molecule has 0 aromatic heterocycles. The molecular formula is C34H59NO14. The molecule has 0 aliphatic rings. The zero-order valence-corrected chi connectivity index (χ0v) is 29.0. The average molecular weight is 706 g/mol. The van der Waals surface area contributed by atoms with Gasteiger partial charge in [-0.15, -0.1) is 0 Å². The van der Waals surface area contributed by atoms with Gasteiger partial charge in [0.25, 0.3) is 0 Å². The summed E-state index contributed by atoms with van der Waals surface area (Å²) < 4.78 is 11.3. The normalized spacial score (nSPS) is 15.6. The number of rotatable bonds is 31. The standard InChI is InChI=1S/C34H59NO14/c1-3-4-5-6-9-12-15-27(48-31(42)19-23(33(44)45)17-29(38)39)28(49-32(43)20-24(34(46)47)18-30(40)41)16-13-10-7-8-11-14-25(36)21-26(37)22(2)35/h22-28,36-37H,3-21,35H2,1-2H3,(H,38,39)(H,40,41)(H,44,45)(H,46,47)/t22?,23?,24?,25-,26+,27?,28?/m0/s1. The summed E-state index contributed by atoms with van der Waals surface area (Å²) in [5.41, 5.74) is 5.64. The lowest BCUT2D eigenvalue weighted by Crippen LogP contribution is -2.37. The van der Waals surface area contributed by atoms with Crippen LogP contribution < -0.4 is 5.73 Å². The van der Waals surface area contributed by atoms with Gasteiger partial charge in [0.1, 0.15) is 12.2 Å². The van der Waals surface area contributed by atoms with Crippen LogP contribution in [0.15, 0.2) is 0 Å². The van der Waals surface area contributed by atoms with Crippen LogP contribution in [0, 0.1) is 11.8 Å². The summed E-state index contributed by atoms with van der Waals surface area (Å²) >= 11 is 0. The lowest BCUT2D eigenvalue weighted by atomic mass is 9.97. The zero-order chi connectivity index (χ0) is 37.4. The number of esters is 2. The van der Waals surface area contributed by atoms with Crippen LogP contribution in [-0.4, -0.2) is 96.9 Å². The molecule has 0 aliphatic carbocycles. The van der Waals surface area contributed by atoms with Gasteiger partial charge in [0.15, 0.2) is 0 Å². The first-order chi connectivity index (χ1) is 23.1. The third kappa shape index (κ3) is 23.7. The second kappa shape index (κ2) is 26.6. The Balaban J connectivity index is 5.72. The SMILES string of the molecule is CCCCCCCCC(OC(=O)CC(CC(=O)O)C(=O)O)C(CCCCCCC[C@H](O)C[C@@H](O)C(C)N)OC(=O)CC(CC(=O)O)C(=O)O. The molecule has 0 saturated carbocycles. The highest BCUT2D eigenvalue weighted by molar-refractivity contribution is 5.83. The van der Waals surface area contributed by atoms with E-state index >= 15 is 0 Å². The second-order valence-corrected chi connectivity index (χ2v) is 12.9. The van der Waals surface area contributed by atoms with Gasteiger partial charge in [0.2, 0.25) is 0 Å². The van der Waals surface area contributed by atoms with E-state index in [4.69, 9.17) is 25.4 Å². The molecule has 0 saturated heterocycles. The molecule has 0 aromatic carbocycles. The highest BCUT2D eigenvalue weighted by atomic mass is 16.6. The van der Waals surface area contributed by atoms with Gasteiger partial charge in [0, 0.05) is 12.5 Å². The van der Waals surface area contributed by atoms with Crippen molar-refractivity contribution in [1.82, 2.24) is 0 Å². The Hall–Kier alpha value is -3.30. The van der Waals surface area contributed by atoms with E-state index in [1.165, 1.54) is 0 Å². The minimum Gasteiger partial charge on any atom is -0.481 e. The number of carbonyl (C=O) groups is 6. The number of aliphatic hydroxyl groups excluding tert-OH is 2. The Morgan fingerprint density at radius 3 is 1.29 bits per heavy atom. The van der Waals surface area contributed by atoms with Gasteiger partial charge in [-0.1, -0.05) is 64.7 Å². The van der Waals surface area contributed by atoms with E-state index in [-0.39, 0.29) is 19.3 Å². The fourth-order valence-corrected chi connectivity index (χ4v) is 5.39. The monoisotopic (exact) mass is 705 g/mol. The summed E-state index contributed by atoms with van der Waals surface area (Å²) in [6.07, 6.45) is 3.25. The maximum Gasteiger partial charge on any atom is 0.307 e. The number of hydrogen-bond donors (Lipinski definition) is 7. The van der Waals surface area contributed by atoms with E-state index in [2.05, 4.69) is 6.92 Å². The average Bonchev–Trinajstić information content (AvgIpc) is 2.99. The van der Waals surface area contributed by atoms with Gasteiger partial charge < -0.3 is 45.8 Å². The maximum atomic E-state index is 12.9. The first-order valence-corrected chi connectivity index (χ1v) is 17.5. The van der Waals surface area contributed by atoms with Crippen LogP contribution in [0.5, 0.6) is 0 Å². The topological polar surface area (TPSA) is 268 Å². The second-order valence-electron chi connectivity index (χ2n) is 12.9. The quantitative estimate of drug-likeness (QED) is 0.0398. The molecule has 7 atom stereocenters. The number of ether oxygens (including phenoxy) is 2. The molecule has 0 spiro atoms. The molecule has 15 nitrogen and oxygen atoms in total. The van der Waals surface area contributed by atoms with Crippen molar-refractivity contribution in [2.24, 2.45) is 17.6 Å². The maximum absolute atomic E-state index is 12.9. The van der Waals surface area contributed by atoms with Crippen molar-refractivity contribution >= 4 is 35.8 Å². The van der Waals surface area contributed by atoms with Crippen LogP contribution in [0.3, 0.4) is 0 Å². The van der Waals surface area contributed by atoms with Gasteiger partial charge in [-0.2, -0.15) is 0 Å². The summed E-state index contributed by atoms with van der Waals surface area (Å²) in [6.45, 7) is 3.74. The van der Waals surface area contributed by atoms with Gasteiger partial charge in [-0.25, -0.2) is 0 Å². The molecule has 0 rings (SSSR count). The zero-order valence-electron chi connectivity index (χ0n) is 29.0. The number of aliphatic carboxylic acids is 4. The van der Waals surface area contributed by atoms with Crippen LogP contribution in [0.25, 0.3) is 0 Å². The number of carboxylic acids is 4. The van der Waals surface area contributed by atoms with Crippen molar-refractivity contribution < 1.29 is 68.9 Å². The number of carbonyl (C=O) groups excluding carboxylic acids is 2. The Kier molecular flexibility index (Phi) is 24.8. The summed E-state index contributed by atoms with van der Waals surface area (Å²) in [6, 6.07) is -0.448.